The van der Waals surface area contributed by atoms with E-state index in [0.29, 0.717) is 10.7 Å². The number of aliphatic carboxylic acids is 1. The van der Waals surface area contributed by atoms with E-state index in [1.54, 1.807) is 24.3 Å². The Bertz CT molecular complexity index is 443. The lowest BCUT2D eigenvalue weighted by atomic mass is 10.3. The first kappa shape index (κ1) is 12.0. The summed E-state index contributed by atoms with van der Waals surface area (Å²) in [5.41, 5.74) is -0.565. The highest BCUT2D eigenvalue weighted by Gasteiger charge is 2.20. The van der Waals surface area contributed by atoms with Crippen LogP contribution in [0.5, 0.6) is 0 Å². The minimum Gasteiger partial charge on any atom is -0.473 e. The van der Waals surface area contributed by atoms with Crippen LogP contribution in [-0.2, 0) is 4.79 Å². The zero-order chi connectivity index (χ0) is 12.1. The summed E-state index contributed by atoms with van der Waals surface area (Å²) in [7, 11) is 0. The van der Waals surface area contributed by atoms with Gasteiger partial charge >= 0.3 is 11.7 Å². The average molecular weight is 243 g/mol. The highest BCUT2D eigenvalue weighted by molar-refractivity contribution is 6.33. The van der Waals surface area contributed by atoms with Gasteiger partial charge in [0.25, 0.3) is 0 Å². The number of rotatable bonds is 4. The number of benzene rings is 1. The number of carboxylic acid groups (broad SMARTS) is 1. The van der Waals surface area contributed by atoms with Crippen LogP contribution in [0.1, 0.15) is 0 Å². The molecule has 16 heavy (non-hydrogen) atoms. The molecule has 6 nitrogen and oxygen atoms in total. The number of halogens is 1. The van der Waals surface area contributed by atoms with Crippen LogP contribution in [0.25, 0.3) is 0 Å². The van der Waals surface area contributed by atoms with Gasteiger partial charge in [0.2, 0.25) is 0 Å². The summed E-state index contributed by atoms with van der Waals surface area (Å²) >= 11 is 5.76. The molecule has 0 saturated carbocycles. The quantitative estimate of drug-likeness (QED) is 0.478. The van der Waals surface area contributed by atoms with Crippen LogP contribution in [0, 0.1) is 10.1 Å². The molecule has 0 aliphatic heterocycles. The SMILES string of the molecule is O=C(O)/C(=C/Nc1ccccc1Cl)[N+](=O)[O-]. The molecule has 0 aromatic heterocycles. The van der Waals surface area contributed by atoms with Crippen molar-refractivity contribution >= 4 is 23.3 Å². The van der Waals surface area contributed by atoms with Crippen molar-refractivity contribution in [2.45, 2.75) is 0 Å². The van der Waals surface area contributed by atoms with Gasteiger partial charge in [0, 0.05) is 0 Å². The van der Waals surface area contributed by atoms with Gasteiger partial charge in [0.05, 0.1) is 21.8 Å². The zero-order valence-corrected chi connectivity index (χ0v) is 8.64. The smallest absolute Gasteiger partial charge is 0.409 e. The van der Waals surface area contributed by atoms with E-state index >= 15 is 0 Å². The summed E-state index contributed by atoms with van der Waals surface area (Å²) in [5, 5.41) is 21.6. The Morgan fingerprint density at radius 1 is 1.50 bits per heavy atom. The number of carbonyl (C=O) groups is 1. The monoisotopic (exact) mass is 242 g/mol. The van der Waals surface area contributed by atoms with Crippen LogP contribution in [0.2, 0.25) is 5.02 Å². The molecule has 1 aromatic carbocycles. The number of nitrogens with zero attached hydrogens (tertiary/aromatic N) is 1. The first-order valence-corrected chi connectivity index (χ1v) is 4.49. The Labute approximate surface area is 95.3 Å². The van der Waals surface area contributed by atoms with Crippen LogP contribution < -0.4 is 5.32 Å². The first-order valence-electron chi connectivity index (χ1n) is 4.11. The van der Waals surface area contributed by atoms with Gasteiger partial charge in [-0.05, 0) is 12.1 Å². The third-order valence-electron chi connectivity index (χ3n) is 1.65. The van der Waals surface area contributed by atoms with Crippen molar-refractivity contribution in [1.29, 1.82) is 0 Å². The molecule has 0 fully saturated rings. The van der Waals surface area contributed by atoms with Gasteiger partial charge < -0.3 is 10.4 Å². The Kier molecular flexibility index (Phi) is 3.84. The van der Waals surface area contributed by atoms with Crippen LogP contribution in [0.4, 0.5) is 5.69 Å². The van der Waals surface area contributed by atoms with Crippen molar-refractivity contribution in [3.05, 3.63) is 51.3 Å². The van der Waals surface area contributed by atoms with Crippen molar-refractivity contribution in [2.75, 3.05) is 5.32 Å². The predicted octanol–water partition coefficient (Wildman–Crippen LogP) is 1.95. The Balaban J connectivity index is 2.90. The van der Waals surface area contributed by atoms with E-state index in [9.17, 15) is 14.9 Å². The molecule has 0 spiro atoms. The Morgan fingerprint density at radius 2 is 2.12 bits per heavy atom. The molecule has 0 heterocycles. The maximum absolute atomic E-state index is 10.5. The number of para-hydroxylation sites is 1. The fourth-order valence-corrected chi connectivity index (χ4v) is 1.11. The Morgan fingerprint density at radius 3 is 2.62 bits per heavy atom. The molecule has 84 valence electrons. The molecule has 0 saturated heterocycles. The molecule has 1 aromatic rings. The fraction of sp³-hybridized carbons (Fsp3) is 0. The predicted molar refractivity (Wildman–Crippen MR) is 57.8 cm³/mol. The fourth-order valence-electron chi connectivity index (χ4n) is 0.917. The van der Waals surface area contributed by atoms with Crippen molar-refractivity contribution in [3.63, 3.8) is 0 Å². The molecule has 0 bridgehead atoms. The van der Waals surface area contributed by atoms with Gasteiger partial charge in [0.1, 0.15) is 0 Å². The summed E-state index contributed by atoms with van der Waals surface area (Å²) < 4.78 is 0. The molecule has 0 aliphatic rings. The van der Waals surface area contributed by atoms with Gasteiger partial charge in [-0.1, -0.05) is 23.7 Å². The van der Waals surface area contributed by atoms with E-state index in [0.717, 1.165) is 6.20 Å². The van der Waals surface area contributed by atoms with Crippen LogP contribution in [0.3, 0.4) is 0 Å². The lowest BCUT2D eigenvalue weighted by Crippen LogP contribution is -2.12. The zero-order valence-electron chi connectivity index (χ0n) is 7.88. The number of anilines is 1. The van der Waals surface area contributed by atoms with E-state index in [1.165, 1.54) is 0 Å². The van der Waals surface area contributed by atoms with Gasteiger partial charge in [-0.15, -0.1) is 0 Å². The van der Waals surface area contributed by atoms with Crippen molar-refractivity contribution in [2.24, 2.45) is 0 Å². The number of carboxylic acids is 1. The minimum atomic E-state index is -1.62. The topological polar surface area (TPSA) is 92.5 Å². The highest BCUT2D eigenvalue weighted by Crippen LogP contribution is 2.20. The standard InChI is InChI=1S/C9H7ClN2O4/c10-6-3-1-2-4-7(6)11-5-8(9(13)14)12(15)16/h1-5,11H,(H,13,14)/b8-5-. The summed E-state index contributed by atoms with van der Waals surface area (Å²) in [6, 6.07) is 6.49. The number of hydrogen-bond donors (Lipinski definition) is 2. The maximum Gasteiger partial charge on any atom is 0.409 e. The van der Waals surface area contributed by atoms with E-state index in [2.05, 4.69) is 5.32 Å². The molecule has 0 unspecified atom stereocenters. The molecular formula is C9H7ClN2O4. The van der Waals surface area contributed by atoms with E-state index in [1.807, 2.05) is 0 Å². The molecule has 0 atom stereocenters. The number of hydrogen-bond acceptors (Lipinski definition) is 4. The third-order valence-corrected chi connectivity index (χ3v) is 1.98. The van der Waals surface area contributed by atoms with Crippen molar-refractivity contribution < 1.29 is 14.8 Å². The number of nitrogens with one attached hydrogen (secondary N) is 1. The molecule has 2 N–H and O–H groups in total. The molecule has 7 heteroatoms. The Hall–Kier alpha value is -2.08. The molecule has 0 aliphatic carbocycles. The highest BCUT2D eigenvalue weighted by atomic mass is 35.5. The van der Waals surface area contributed by atoms with Gasteiger partial charge in [0.15, 0.2) is 0 Å². The molecule has 0 amide bonds. The second-order valence-electron chi connectivity index (χ2n) is 2.72. The third kappa shape index (κ3) is 2.96. The van der Waals surface area contributed by atoms with Gasteiger partial charge in [-0.25, -0.2) is 4.79 Å². The summed E-state index contributed by atoms with van der Waals surface area (Å²) in [4.78, 5) is 19.8. The second kappa shape index (κ2) is 5.13. The lowest BCUT2D eigenvalue weighted by molar-refractivity contribution is -0.421. The summed E-state index contributed by atoms with van der Waals surface area (Å²) in [6.07, 6.45) is 0.781. The summed E-state index contributed by atoms with van der Waals surface area (Å²) in [6.45, 7) is 0. The van der Waals surface area contributed by atoms with Crippen LogP contribution in [-0.4, -0.2) is 16.0 Å². The second-order valence-corrected chi connectivity index (χ2v) is 3.12. The van der Waals surface area contributed by atoms with E-state index in [4.69, 9.17) is 16.7 Å². The average Bonchev–Trinajstić information content (AvgIpc) is 2.20. The van der Waals surface area contributed by atoms with Crippen LogP contribution in [0.15, 0.2) is 36.2 Å². The maximum atomic E-state index is 10.5. The van der Waals surface area contributed by atoms with Crippen LogP contribution >= 0.6 is 11.6 Å². The molecule has 1 rings (SSSR count). The largest absolute Gasteiger partial charge is 0.473 e. The van der Waals surface area contributed by atoms with Crippen molar-refractivity contribution in [1.82, 2.24) is 0 Å². The molecular weight excluding hydrogens is 236 g/mol. The van der Waals surface area contributed by atoms with E-state index in [-0.39, 0.29) is 0 Å². The summed E-state index contributed by atoms with van der Waals surface area (Å²) in [5.74, 6) is -1.62. The van der Waals surface area contributed by atoms with Crippen molar-refractivity contribution in [3.8, 4) is 0 Å². The normalized spacial score (nSPS) is 10.9. The van der Waals surface area contributed by atoms with E-state index < -0.39 is 16.6 Å². The lowest BCUT2D eigenvalue weighted by Gasteiger charge is -2.02. The van der Waals surface area contributed by atoms with Gasteiger partial charge in [-0.2, -0.15) is 0 Å². The van der Waals surface area contributed by atoms with Gasteiger partial charge in [-0.3, -0.25) is 10.1 Å². The molecule has 0 radical (unpaired) electrons. The number of nitro groups is 1. The first-order chi connectivity index (χ1) is 7.52. The minimum absolute atomic E-state index is 0.340.